The molecule has 0 radical (unpaired) electrons. The minimum absolute atomic E-state index is 0.0185. The van der Waals surface area contributed by atoms with Crippen LogP contribution in [0.2, 0.25) is 0 Å². The molecule has 0 aliphatic heterocycles. The zero-order valence-electron chi connectivity index (χ0n) is 23.7. The van der Waals surface area contributed by atoms with Gasteiger partial charge in [0.1, 0.15) is 5.83 Å². The predicted molar refractivity (Wildman–Crippen MR) is 152 cm³/mol. The highest BCUT2D eigenvalue weighted by Crippen LogP contribution is 2.40. The van der Waals surface area contributed by atoms with Crippen LogP contribution in [0.25, 0.3) is 11.1 Å². The van der Waals surface area contributed by atoms with Crippen LogP contribution in [0.4, 0.5) is 26.3 Å². The van der Waals surface area contributed by atoms with E-state index in [0.717, 1.165) is 48.1 Å². The van der Waals surface area contributed by atoms with Crippen LogP contribution in [0.3, 0.4) is 0 Å². The number of benzene rings is 1. The number of hydrogen-bond donors (Lipinski definition) is 0. The lowest BCUT2D eigenvalue weighted by Gasteiger charge is -2.26. The molecule has 0 N–H and O–H groups in total. The Morgan fingerprint density at radius 2 is 1.77 bits per heavy atom. The van der Waals surface area contributed by atoms with Gasteiger partial charge in [-0.1, -0.05) is 61.2 Å². The first-order valence-electron chi connectivity index (χ1n) is 14.2. The second-order valence-corrected chi connectivity index (χ2v) is 10.5. The summed E-state index contributed by atoms with van der Waals surface area (Å²) in [6.07, 6.45) is 2.98. The summed E-state index contributed by atoms with van der Waals surface area (Å²) in [7, 11) is 0. The van der Waals surface area contributed by atoms with Gasteiger partial charge in [0.2, 0.25) is 5.88 Å². The normalized spacial score (nSPS) is 15.8. The summed E-state index contributed by atoms with van der Waals surface area (Å²) in [4.78, 5) is 17.5. The lowest BCUT2D eigenvalue weighted by molar-refractivity contribution is -0.138. The molecule has 11 heteroatoms. The quantitative estimate of drug-likeness (QED) is 0.253. The van der Waals surface area contributed by atoms with Crippen LogP contribution in [0.5, 0.6) is 5.88 Å². The maximum atomic E-state index is 13.7. The topological polar surface area (TPSA) is 57.0 Å². The van der Waals surface area contributed by atoms with E-state index in [4.69, 9.17) is 4.74 Å². The Morgan fingerprint density at radius 1 is 1.05 bits per heavy atom. The van der Waals surface area contributed by atoms with Crippen LogP contribution < -0.4 is 10.3 Å². The molecule has 0 atom stereocenters. The van der Waals surface area contributed by atoms with Gasteiger partial charge in [-0.2, -0.15) is 13.2 Å². The van der Waals surface area contributed by atoms with E-state index in [1.807, 2.05) is 13.0 Å². The molecule has 2 aromatic heterocycles. The highest BCUT2D eigenvalue weighted by molar-refractivity contribution is 5.72. The predicted octanol–water partition coefficient (Wildman–Crippen LogP) is 8.64. The fourth-order valence-corrected chi connectivity index (χ4v) is 5.35. The second-order valence-electron chi connectivity index (χ2n) is 10.5. The standard InChI is InChI=1S/C25H24F5N3O2.C7H9F/c26-20(27)15-35-23-21(16-8-3-1-4-9-16)22(17-10-5-2-6-11-17)24(34)33(32-23)14-19-18(25(28,29)30)12-7-13-31-19;1-6-3-2-4-7(8)5-6/h1,3-4,7-9,12-13,17,20H,2,5-6,10-11,14-15H2;3,5H,2,4H2,1H3. The zero-order valence-corrected chi connectivity index (χ0v) is 23.7. The van der Waals surface area contributed by atoms with Gasteiger partial charge in [-0.15, -0.1) is 5.10 Å². The molecule has 1 aromatic carbocycles. The van der Waals surface area contributed by atoms with E-state index in [9.17, 15) is 31.1 Å². The maximum Gasteiger partial charge on any atom is 0.418 e. The zero-order chi connectivity index (χ0) is 31.0. The van der Waals surface area contributed by atoms with Crippen LogP contribution in [0.1, 0.15) is 74.6 Å². The first-order valence-corrected chi connectivity index (χ1v) is 14.2. The Kier molecular flexibility index (Phi) is 10.8. The van der Waals surface area contributed by atoms with Crippen molar-refractivity contribution in [1.29, 1.82) is 0 Å². The van der Waals surface area contributed by atoms with Crippen molar-refractivity contribution in [3.05, 3.63) is 99.4 Å². The lowest BCUT2D eigenvalue weighted by atomic mass is 9.81. The molecule has 1 fully saturated rings. The van der Waals surface area contributed by atoms with E-state index in [1.165, 1.54) is 6.20 Å². The Hall–Kier alpha value is -3.89. The largest absolute Gasteiger partial charge is 0.470 e. The van der Waals surface area contributed by atoms with Crippen molar-refractivity contribution in [1.82, 2.24) is 14.8 Å². The summed E-state index contributed by atoms with van der Waals surface area (Å²) in [6.45, 7) is 0.375. The summed E-state index contributed by atoms with van der Waals surface area (Å²) >= 11 is 0. The SMILES string of the molecule is CC1=CCCC(F)=C1.O=c1c(C2CCCCC2)c(-c2ccccc2)c(OCC(F)F)nn1Cc1ncccc1C(F)(F)F. The van der Waals surface area contributed by atoms with Gasteiger partial charge in [0, 0.05) is 18.2 Å². The molecular weight excluding hydrogens is 572 g/mol. The van der Waals surface area contributed by atoms with Crippen molar-refractivity contribution in [3.63, 3.8) is 0 Å². The third-order valence-electron chi connectivity index (χ3n) is 7.31. The molecule has 2 heterocycles. The molecule has 0 unspecified atom stereocenters. The van der Waals surface area contributed by atoms with E-state index < -0.39 is 42.6 Å². The van der Waals surface area contributed by atoms with Crippen molar-refractivity contribution in [2.24, 2.45) is 0 Å². The molecule has 5 rings (SSSR count). The Balaban J connectivity index is 0.000000458. The third kappa shape index (κ3) is 8.58. The van der Waals surface area contributed by atoms with Crippen molar-refractivity contribution >= 4 is 0 Å². The van der Waals surface area contributed by atoms with Crippen LogP contribution in [0, 0.1) is 0 Å². The molecular formula is C32H33F6N3O2. The molecule has 3 aromatic rings. The van der Waals surface area contributed by atoms with Gasteiger partial charge in [-0.25, -0.2) is 17.9 Å². The average molecular weight is 606 g/mol. The molecule has 1 saturated carbocycles. The summed E-state index contributed by atoms with van der Waals surface area (Å²) in [5.41, 5.74) is 0.318. The number of rotatable bonds is 7. The van der Waals surface area contributed by atoms with Gasteiger partial charge >= 0.3 is 6.18 Å². The Bertz CT molecular complexity index is 1490. The summed E-state index contributed by atoms with van der Waals surface area (Å²) in [5, 5.41) is 4.14. The fourth-order valence-electron chi connectivity index (χ4n) is 5.35. The van der Waals surface area contributed by atoms with E-state index >= 15 is 0 Å². The van der Waals surface area contributed by atoms with E-state index in [1.54, 1.807) is 36.4 Å². The first kappa shape index (κ1) is 32.0. The average Bonchev–Trinajstić information content (AvgIpc) is 2.98. The van der Waals surface area contributed by atoms with Crippen molar-refractivity contribution in [3.8, 4) is 17.0 Å². The van der Waals surface area contributed by atoms with Gasteiger partial charge in [0.15, 0.2) is 6.61 Å². The van der Waals surface area contributed by atoms with E-state index in [2.05, 4.69) is 10.1 Å². The molecule has 2 aliphatic carbocycles. The van der Waals surface area contributed by atoms with Crippen molar-refractivity contribution in [2.45, 2.75) is 76.9 Å². The lowest BCUT2D eigenvalue weighted by Crippen LogP contribution is -2.32. The number of pyridine rings is 1. The molecule has 0 spiro atoms. The third-order valence-corrected chi connectivity index (χ3v) is 7.31. The molecule has 5 nitrogen and oxygen atoms in total. The number of nitrogens with zero attached hydrogens (tertiary/aromatic N) is 3. The molecule has 43 heavy (non-hydrogen) atoms. The number of aromatic nitrogens is 3. The van der Waals surface area contributed by atoms with Crippen molar-refractivity contribution < 1.29 is 31.1 Å². The van der Waals surface area contributed by atoms with Gasteiger partial charge in [-0.3, -0.25) is 9.78 Å². The van der Waals surface area contributed by atoms with Gasteiger partial charge in [0.25, 0.3) is 12.0 Å². The van der Waals surface area contributed by atoms with Gasteiger partial charge in [-0.05, 0) is 55.9 Å². The smallest absolute Gasteiger partial charge is 0.418 e. The van der Waals surface area contributed by atoms with Gasteiger partial charge in [0.05, 0.1) is 23.4 Å². The number of ether oxygens (including phenoxy) is 1. The summed E-state index contributed by atoms with van der Waals surface area (Å²) in [5.74, 6) is -0.383. The Labute approximate surface area is 245 Å². The molecule has 230 valence electrons. The number of allylic oxidation sites excluding steroid dienone is 4. The molecule has 2 aliphatic rings. The minimum atomic E-state index is -4.68. The van der Waals surface area contributed by atoms with Crippen LogP contribution in [-0.4, -0.2) is 27.8 Å². The highest BCUT2D eigenvalue weighted by Gasteiger charge is 2.35. The van der Waals surface area contributed by atoms with Crippen LogP contribution >= 0.6 is 0 Å². The fraction of sp³-hybridized carbons (Fsp3) is 0.406. The summed E-state index contributed by atoms with van der Waals surface area (Å²) < 4.78 is 85.2. The van der Waals surface area contributed by atoms with Gasteiger partial charge < -0.3 is 4.74 Å². The van der Waals surface area contributed by atoms with E-state index in [-0.39, 0.29) is 17.6 Å². The molecule has 0 saturated heterocycles. The molecule has 0 bridgehead atoms. The highest BCUT2D eigenvalue weighted by atomic mass is 19.4. The number of halogens is 6. The first-order chi connectivity index (χ1) is 20.5. The number of hydrogen-bond acceptors (Lipinski definition) is 4. The minimum Gasteiger partial charge on any atom is -0.470 e. The monoisotopic (exact) mass is 605 g/mol. The van der Waals surface area contributed by atoms with E-state index in [0.29, 0.717) is 36.0 Å². The summed E-state index contributed by atoms with van der Waals surface area (Å²) in [6, 6.07) is 10.7. The van der Waals surface area contributed by atoms with Crippen LogP contribution in [-0.2, 0) is 12.7 Å². The second kappa shape index (κ2) is 14.5. The van der Waals surface area contributed by atoms with Crippen molar-refractivity contribution in [2.75, 3.05) is 6.61 Å². The molecule has 0 amide bonds. The maximum absolute atomic E-state index is 13.7. The number of alkyl halides is 5. The Morgan fingerprint density at radius 3 is 2.37 bits per heavy atom. The van der Waals surface area contributed by atoms with Crippen LogP contribution in [0.15, 0.2) is 77.0 Å².